The number of halogens is 1. The van der Waals surface area contributed by atoms with Gasteiger partial charge in [0.1, 0.15) is 5.82 Å². The second-order valence-electron chi connectivity index (χ2n) is 5.18. The summed E-state index contributed by atoms with van der Waals surface area (Å²) in [4.78, 5) is 15.9. The Morgan fingerprint density at radius 3 is 2.91 bits per heavy atom. The van der Waals surface area contributed by atoms with Crippen LogP contribution < -0.4 is 10.6 Å². The van der Waals surface area contributed by atoms with Gasteiger partial charge < -0.3 is 15.2 Å². The van der Waals surface area contributed by atoms with Crippen molar-refractivity contribution < 1.29 is 13.7 Å². The Labute approximate surface area is 134 Å². The van der Waals surface area contributed by atoms with Gasteiger partial charge in [-0.3, -0.25) is 4.79 Å². The van der Waals surface area contributed by atoms with Crippen molar-refractivity contribution in [3.8, 4) is 11.4 Å². The number of nitrogens with zero attached hydrogens (tertiary/aromatic N) is 2. The van der Waals surface area contributed by atoms with Gasteiger partial charge in [0.15, 0.2) is 0 Å². The van der Waals surface area contributed by atoms with E-state index in [1.807, 2.05) is 6.92 Å². The number of carbonyl (C=O) groups excluding carboxylic acids is 1. The molecule has 1 heterocycles. The zero-order valence-electron chi connectivity index (χ0n) is 13.4. The van der Waals surface area contributed by atoms with E-state index in [-0.39, 0.29) is 18.1 Å². The van der Waals surface area contributed by atoms with Crippen LogP contribution in [0.5, 0.6) is 0 Å². The summed E-state index contributed by atoms with van der Waals surface area (Å²) in [5.41, 5.74) is 1.12. The van der Waals surface area contributed by atoms with Crippen LogP contribution in [0.1, 0.15) is 24.8 Å². The topological polar surface area (TPSA) is 80.0 Å². The highest BCUT2D eigenvalue weighted by Gasteiger charge is 2.11. The molecule has 7 heteroatoms. The highest BCUT2D eigenvalue weighted by Crippen LogP contribution is 2.19. The summed E-state index contributed by atoms with van der Waals surface area (Å²) in [7, 11) is 0. The van der Waals surface area contributed by atoms with Gasteiger partial charge in [-0.05, 0) is 25.1 Å². The zero-order valence-corrected chi connectivity index (χ0v) is 13.4. The normalized spacial score (nSPS) is 10.7. The standard InChI is InChI=1S/C16H21FN4O2/c1-3-18-8-9-19-14(22)6-7-15-20-16(21-23-15)12-5-4-11(2)13(17)10-12/h4-5,10,18H,3,6-9H2,1-2H3,(H,19,22). The third-order valence-electron chi connectivity index (χ3n) is 3.34. The first-order valence-electron chi connectivity index (χ1n) is 7.66. The summed E-state index contributed by atoms with van der Waals surface area (Å²) in [6.07, 6.45) is 0.629. The minimum atomic E-state index is -0.311. The van der Waals surface area contributed by atoms with Crippen LogP contribution >= 0.6 is 0 Å². The molecule has 0 aliphatic rings. The third-order valence-corrected chi connectivity index (χ3v) is 3.34. The Balaban J connectivity index is 1.85. The van der Waals surface area contributed by atoms with Crippen LogP contribution in [0, 0.1) is 12.7 Å². The highest BCUT2D eigenvalue weighted by molar-refractivity contribution is 5.76. The molecular formula is C16H21FN4O2. The number of hydrogen-bond donors (Lipinski definition) is 2. The number of amides is 1. The van der Waals surface area contributed by atoms with Gasteiger partial charge >= 0.3 is 0 Å². The predicted octanol–water partition coefficient (Wildman–Crippen LogP) is 1.84. The molecule has 0 aliphatic carbocycles. The fraction of sp³-hybridized carbons (Fsp3) is 0.438. The van der Waals surface area contributed by atoms with Crippen LogP contribution in [-0.2, 0) is 11.2 Å². The molecule has 0 atom stereocenters. The lowest BCUT2D eigenvalue weighted by Gasteiger charge is -2.04. The molecule has 0 unspecified atom stereocenters. The monoisotopic (exact) mass is 320 g/mol. The molecule has 124 valence electrons. The number of carbonyl (C=O) groups is 1. The van der Waals surface area contributed by atoms with Crippen LogP contribution in [0.15, 0.2) is 22.7 Å². The van der Waals surface area contributed by atoms with Crippen molar-refractivity contribution in [3.05, 3.63) is 35.5 Å². The van der Waals surface area contributed by atoms with E-state index in [0.717, 1.165) is 13.1 Å². The maximum absolute atomic E-state index is 13.6. The summed E-state index contributed by atoms with van der Waals surface area (Å²) in [6.45, 7) is 5.90. The molecular weight excluding hydrogens is 299 g/mol. The Bertz CT molecular complexity index is 657. The van der Waals surface area contributed by atoms with Gasteiger partial charge in [0.25, 0.3) is 0 Å². The largest absolute Gasteiger partial charge is 0.355 e. The second kappa shape index (κ2) is 8.38. The Morgan fingerprint density at radius 2 is 2.17 bits per heavy atom. The Kier molecular flexibility index (Phi) is 6.22. The molecule has 0 saturated carbocycles. The first-order chi connectivity index (χ1) is 11.1. The SMILES string of the molecule is CCNCCNC(=O)CCc1nc(-c2ccc(C)c(F)c2)no1. The van der Waals surface area contributed by atoms with E-state index in [4.69, 9.17) is 4.52 Å². The molecule has 2 aromatic rings. The first-order valence-corrected chi connectivity index (χ1v) is 7.66. The number of aromatic nitrogens is 2. The quantitative estimate of drug-likeness (QED) is 0.726. The van der Waals surface area contributed by atoms with Gasteiger partial charge in [0.05, 0.1) is 0 Å². The molecule has 2 N–H and O–H groups in total. The number of rotatable bonds is 8. The van der Waals surface area contributed by atoms with Crippen molar-refractivity contribution in [1.82, 2.24) is 20.8 Å². The van der Waals surface area contributed by atoms with E-state index in [2.05, 4.69) is 20.8 Å². The highest BCUT2D eigenvalue weighted by atomic mass is 19.1. The number of aryl methyl sites for hydroxylation is 2. The second-order valence-corrected chi connectivity index (χ2v) is 5.18. The van der Waals surface area contributed by atoms with Crippen LogP contribution in [0.4, 0.5) is 4.39 Å². The molecule has 0 bridgehead atoms. The van der Waals surface area contributed by atoms with Crippen molar-refractivity contribution in [2.75, 3.05) is 19.6 Å². The number of likely N-dealkylation sites (N-methyl/N-ethyl adjacent to an activating group) is 1. The molecule has 1 aromatic carbocycles. The van der Waals surface area contributed by atoms with Gasteiger partial charge in [-0.1, -0.05) is 24.2 Å². The van der Waals surface area contributed by atoms with Crippen LogP contribution in [-0.4, -0.2) is 35.7 Å². The van der Waals surface area contributed by atoms with Crippen molar-refractivity contribution in [2.45, 2.75) is 26.7 Å². The molecule has 0 fully saturated rings. The van der Waals surface area contributed by atoms with Crippen LogP contribution in [0.3, 0.4) is 0 Å². The van der Waals surface area contributed by atoms with Crippen molar-refractivity contribution in [2.24, 2.45) is 0 Å². The third kappa shape index (κ3) is 5.14. The lowest BCUT2D eigenvalue weighted by Crippen LogP contribution is -2.31. The minimum Gasteiger partial charge on any atom is -0.355 e. The van der Waals surface area contributed by atoms with Gasteiger partial charge in [-0.25, -0.2) is 4.39 Å². The molecule has 23 heavy (non-hydrogen) atoms. The minimum absolute atomic E-state index is 0.0657. The summed E-state index contributed by atoms with van der Waals surface area (Å²) < 4.78 is 18.7. The van der Waals surface area contributed by atoms with Crippen molar-refractivity contribution >= 4 is 5.91 Å². The average Bonchev–Trinajstić information content (AvgIpc) is 3.01. The number of hydrogen-bond acceptors (Lipinski definition) is 5. The summed E-state index contributed by atoms with van der Waals surface area (Å²) in [5, 5.41) is 9.75. The average molecular weight is 320 g/mol. The van der Waals surface area contributed by atoms with E-state index in [1.54, 1.807) is 19.1 Å². The smallest absolute Gasteiger partial charge is 0.227 e. The maximum atomic E-state index is 13.6. The van der Waals surface area contributed by atoms with E-state index in [9.17, 15) is 9.18 Å². The van der Waals surface area contributed by atoms with Crippen molar-refractivity contribution in [1.29, 1.82) is 0 Å². The molecule has 1 amide bonds. The van der Waals surface area contributed by atoms with Gasteiger partial charge in [-0.2, -0.15) is 4.98 Å². The number of nitrogens with one attached hydrogen (secondary N) is 2. The lowest BCUT2D eigenvalue weighted by atomic mass is 10.1. The molecule has 0 aliphatic heterocycles. The van der Waals surface area contributed by atoms with E-state index >= 15 is 0 Å². The summed E-state index contributed by atoms with van der Waals surface area (Å²) in [5.74, 6) is 0.312. The molecule has 0 saturated heterocycles. The summed E-state index contributed by atoms with van der Waals surface area (Å²) in [6, 6.07) is 4.77. The first kappa shape index (κ1) is 17.1. The molecule has 0 spiro atoms. The van der Waals surface area contributed by atoms with Crippen LogP contribution in [0.2, 0.25) is 0 Å². The fourth-order valence-electron chi connectivity index (χ4n) is 1.98. The molecule has 1 aromatic heterocycles. The van der Waals surface area contributed by atoms with Crippen molar-refractivity contribution in [3.63, 3.8) is 0 Å². The predicted molar refractivity (Wildman–Crippen MR) is 84.3 cm³/mol. The van der Waals surface area contributed by atoms with Gasteiger partial charge in [0.2, 0.25) is 17.6 Å². The molecule has 2 rings (SSSR count). The van der Waals surface area contributed by atoms with E-state index < -0.39 is 0 Å². The fourth-order valence-corrected chi connectivity index (χ4v) is 1.98. The maximum Gasteiger partial charge on any atom is 0.227 e. The van der Waals surface area contributed by atoms with Crippen LogP contribution in [0.25, 0.3) is 11.4 Å². The van der Waals surface area contributed by atoms with E-state index in [1.165, 1.54) is 6.07 Å². The molecule has 0 radical (unpaired) electrons. The van der Waals surface area contributed by atoms with E-state index in [0.29, 0.717) is 35.8 Å². The van der Waals surface area contributed by atoms with Gasteiger partial charge in [0, 0.05) is 31.5 Å². The lowest BCUT2D eigenvalue weighted by molar-refractivity contribution is -0.121. The number of benzene rings is 1. The Morgan fingerprint density at radius 1 is 1.35 bits per heavy atom. The zero-order chi connectivity index (χ0) is 16.7. The molecule has 6 nitrogen and oxygen atoms in total. The van der Waals surface area contributed by atoms with Gasteiger partial charge in [-0.15, -0.1) is 0 Å². The Hall–Kier alpha value is -2.28. The summed E-state index contributed by atoms with van der Waals surface area (Å²) >= 11 is 0.